The second-order valence-electron chi connectivity index (χ2n) is 6.58. The monoisotopic (exact) mass is 436 g/mol. The van der Waals surface area contributed by atoms with Crippen LogP contribution in [0.5, 0.6) is 0 Å². The van der Waals surface area contributed by atoms with E-state index >= 15 is 0 Å². The van der Waals surface area contributed by atoms with Gasteiger partial charge in [-0.25, -0.2) is 18.7 Å². The number of alkyl halides is 3. The molecule has 29 heavy (non-hydrogen) atoms. The van der Waals surface area contributed by atoms with E-state index in [4.69, 9.17) is 8.42 Å². The van der Waals surface area contributed by atoms with Crippen LogP contribution in [0.1, 0.15) is 49.7 Å². The van der Waals surface area contributed by atoms with Gasteiger partial charge in [-0.3, -0.25) is 0 Å². The van der Waals surface area contributed by atoms with E-state index in [1.807, 2.05) is 26.0 Å². The van der Waals surface area contributed by atoms with Crippen LogP contribution in [0, 0.1) is 13.8 Å². The van der Waals surface area contributed by atoms with E-state index < -0.39 is 23.5 Å². The van der Waals surface area contributed by atoms with Crippen molar-refractivity contribution < 1.29 is 21.6 Å². The first-order chi connectivity index (χ1) is 13.6. The highest BCUT2D eigenvalue weighted by molar-refractivity contribution is 7.69. The van der Waals surface area contributed by atoms with Gasteiger partial charge >= 0.3 is 6.18 Å². The molecule has 4 N–H and O–H groups in total. The Balaban J connectivity index is 0.000000960. The smallest absolute Gasteiger partial charge is 0.385 e. The van der Waals surface area contributed by atoms with Crippen molar-refractivity contribution in [1.82, 2.24) is 20.6 Å². The number of aryl methyl sites for hydroxylation is 2. The average Bonchev–Trinajstić information content (AvgIpc) is 3.12. The minimum Gasteiger partial charge on any atom is -0.385 e. The van der Waals surface area contributed by atoms with E-state index in [1.165, 1.54) is 0 Å². The molecule has 0 atom stereocenters. The zero-order chi connectivity index (χ0) is 21.9. The lowest BCUT2D eigenvalue weighted by atomic mass is 10.0. The molecule has 0 fully saturated rings. The van der Waals surface area contributed by atoms with Gasteiger partial charge in [0.2, 0.25) is 0 Å². The summed E-state index contributed by atoms with van der Waals surface area (Å²) >= 11 is 0. The number of nitrogens with zero attached hydrogens (tertiary/aromatic N) is 3. The molecule has 1 aromatic heterocycles. The number of nitrogens with one attached hydrogen (secondary N) is 2. The second-order valence-corrected chi connectivity index (χ2v) is 7.15. The summed E-state index contributed by atoms with van der Waals surface area (Å²) in [5, 5.41) is 21.3. The van der Waals surface area contributed by atoms with Gasteiger partial charge in [-0.15, -0.1) is 5.10 Å². The molecule has 0 unspecified atom stereocenters. The highest BCUT2D eigenvalue weighted by Crippen LogP contribution is 2.26. The highest BCUT2D eigenvalue weighted by atomic mass is 32.2. The van der Waals surface area contributed by atoms with Crippen LogP contribution in [0.15, 0.2) is 12.1 Å². The molecule has 0 aliphatic heterocycles. The van der Waals surface area contributed by atoms with Gasteiger partial charge in [0.05, 0.1) is 0 Å². The van der Waals surface area contributed by atoms with E-state index in [-0.39, 0.29) is 6.42 Å². The second kappa shape index (κ2) is 12.4. The first kappa shape index (κ1) is 24.8. The summed E-state index contributed by atoms with van der Waals surface area (Å²) in [6, 6.07) is 4.04. The van der Waals surface area contributed by atoms with Crippen LogP contribution < -0.4 is 10.5 Å². The maximum Gasteiger partial charge on any atom is 0.389 e. The molecule has 1 heterocycles. The number of unbranched alkanes of at least 4 members (excludes halogenated alkanes) is 4. The van der Waals surface area contributed by atoms with Gasteiger partial charge in [-0.05, 0) is 60.4 Å². The quantitative estimate of drug-likeness (QED) is 0.353. The predicted molar refractivity (Wildman–Crippen MR) is 106 cm³/mol. The van der Waals surface area contributed by atoms with Crippen LogP contribution in [0.4, 0.5) is 18.9 Å². The van der Waals surface area contributed by atoms with Crippen LogP contribution in [0.3, 0.4) is 0 Å². The van der Waals surface area contributed by atoms with Gasteiger partial charge in [0.15, 0.2) is 16.7 Å². The molecule has 1 aromatic carbocycles. The van der Waals surface area contributed by atoms with Crippen molar-refractivity contribution in [3.8, 4) is 11.4 Å². The molecule has 0 amide bonds. The number of aromatic nitrogens is 4. The lowest BCUT2D eigenvalue weighted by molar-refractivity contribution is -0.135. The summed E-state index contributed by atoms with van der Waals surface area (Å²) < 4.78 is 53.8. The molecule has 0 saturated carbocycles. The number of rotatable bonds is 9. The van der Waals surface area contributed by atoms with Crippen LogP contribution in [0.25, 0.3) is 11.4 Å². The minimum absolute atomic E-state index is 0.229. The van der Waals surface area contributed by atoms with Gasteiger partial charge in [0.1, 0.15) is 0 Å². The fourth-order valence-electron chi connectivity index (χ4n) is 2.85. The number of hydrogen-bond donors (Lipinski definition) is 4. The fourth-order valence-corrected chi connectivity index (χ4v) is 2.85. The van der Waals surface area contributed by atoms with E-state index in [0.29, 0.717) is 12.2 Å². The lowest BCUT2D eigenvalue weighted by Crippen LogP contribution is -2.06. The molecule has 2 rings (SSSR count). The zero-order valence-corrected chi connectivity index (χ0v) is 17.3. The SMILES string of the molecule is Cc1cc(-c2nnn[nH]2)cc(C)c1NCCCCCCCC(F)(F)F.N[SH](=O)=O. The lowest BCUT2D eigenvalue weighted by Gasteiger charge is -2.14. The Morgan fingerprint density at radius 3 is 2.14 bits per heavy atom. The number of halogens is 3. The number of benzene rings is 1. The topological polar surface area (TPSA) is 127 Å². The van der Waals surface area contributed by atoms with Gasteiger partial charge in [0, 0.05) is 24.2 Å². The molecule has 0 saturated heterocycles. The standard InChI is InChI=1S/C17H24F3N5.H3NO2S/c1-12-10-14(16-22-24-25-23-16)11-13(2)15(12)21-9-7-5-3-4-6-8-17(18,19)20;1-4(2)3/h10-11,21H,3-9H2,1-2H3,(H,22,23,24,25);4H,(H2,1,2,3). The van der Waals surface area contributed by atoms with E-state index in [9.17, 15) is 13.2 Å². The zero-order valence-electron chi connectivity index (χ0n) is 16.4. The summed E-state index contributed by atoms with van der Waals surface area (Å²) in [6.07, 6.45) is -1.11. The van der Waals surface area contributed by atoms with Crippen molar-refractivity contribution in [3.05, 3.63) is 23.3 Å². The Morgan fingerprint density at radius 2 is 1.62 bits per heavy atom. The van der Waals surface area contributed by atoms with Gasteiger partial charge in [-0.1, -0.05) is 19.3 Å². The normalized spacial score (nSPS) is 11.3. The maximum atomic E-state index is 12.0. The Hall–Kier alpha value is -2.21. The molecule has 8 nitrogen and oxygen atoms in total. The van der Waals surface area contributed by atoms with Crippen molar-refractivity contribution >= 4 is 16.6 Å². The average molecular weight is 437 g/mol. The highest BCUT2D eigenvalue weighted by Gasteiger charge is 2.25. The summed E-state index contributed by atoms with van der Waals surface area (Å²) in [7, 11) is -2.62. The number of nitrogens with two attached hydrogens (primary N) is 1. The third kappa shape index (κ3) is 10.8. The molecule has 0 aliphatic rings. The minimum atomic E-state index is -4.02. The molecule has 2 aromatic rings. The maximum absolute atomic E-state index is 12.0. The number of H-pyrrole nitrogens is 1. The number of thiol groups is 1. The van der Waals surface area contributed by atoms with Crippen LogP contribution >= 0.6 is 0 Å². The van der Waals surface area contributed by atoms with Gasteiger partial charge in [-0.2, -0.15) is 13.2 Å². The summed E-state index contributed by atoms with van der Waals surface area (Å²) in [4.78, 5) is 0. The Bertz CT molecular complexity index is 779. The van der Waals surface area contributed by atoms with Gasteiger partial charge < -0.3 is 5.32 Å². The molecular weight excluding hydrogens is 409 g/mol. The Labute approximate surface area is 169 Å². The molecule has 0 aliphatic carbocycles. The summed E-state index contributed by atoms with van der Waals surface area (Å²) in [5.41, 5.74) is 4.25. The third-order valence-corrected chi connectivity index (χ3v) is 4.09. The van der Waals surface area contributed by atoms with Crippen molar-refractivity contribution in [2.45, 2.75) is 58.5 Å². The van der Waals surface area contributed by atoms with Crippen LogP contribution in [-0.4, -0.2) is 41.8 Å². The first-order valence-electron chi connectivity index (χ1n) is 9.15. The molecule has 0 bridgehead atoms. The van der Waals surface area contributed by atoms with Crippen molar-refractivity contribution in [1.29, 1.82) is 0 Å². The van der Waals surface area contributed by atoms with E-state index in [0.717, 1.165) is 48.2 Å². The molecule has 0 spiro atoms. The molecule has 0 radical (unpaired) electrons. The van der Waals surface area contributed by atoms with Crippen LogP contribution in [0.2, 0.25) is 0 Å². The number of tetrazole rings is 1. The number of hydrogen-bond acceptors (Lipinski definition) is 6. The largest absolute Gasteiger partial charge is 0.389 e. The van der Waals surface area contributed by atoms with Crippen LogP contribution in [-0.2, 0) is 10.9 Å². The number of anilines is 1. The van der Waals surface area contributed by atoms with Crippen molar-refractivity contribution in [3.63, 3.8) is 0 Å². The summed E-state index contributed by atoms with van der Waals surface area (Å²) in [6.45, 7) is 4.86. The van der Waals surface area contributed by atoms with Crippen molar-refractivity contribution in [2.75, 3.05) is 11.9 Å². The van der Waals surface area contributed by atoms with E-state index in [2.05, 4.69) is 31.1 Å². The molecule has 164 valence electrons. The summed E-state index contributed by atoms with van der Waals surface area (Å²) in [5.74, 6) is 0.636. The molecule has 12 heteroatoms. The van der Waals surface area contributed by atoms with E-state index in [1.54, 1.807) is 0 Å². The third-order valence-electron chi connectivity index (χ3n) is 4.09. The Kier molecular flexibility index (Phi) is 10.6. The van der Waals surface area contributed by atoms with Crippen molar-refractivity contribution in [2.24, 2.45) is 5.14 Å². The Morgan fingerprint density at radius 1 is 1.07 bits per heavy atom. The predicted octanol–water partition coefficient (Wildman–Crippen LogP) is 3.27. The first-order valence-corrected chi connectivity index (χ1v) is 10.4. The molecular formula is C17H27F3N6O2S. The fraction of sp³-hybridized carbons (Fsp3) is 0.588. The number of aromatic amines is 1. The van der Waals surface area contributed by atoms with Gasteiger partial charge in [0.25, 0.3) is 0 Å².